The van der Waals surface area contributed by atoms with Gasteiger partial charge in [0.1, 0.15) is 0 Å². The summed E-state index contributed by atoms with van der Waals surface area (Å²) >= 11 is 0. The van der Waals surface area contributed by atoms with E-state index in [1.165, 1.54) is 96.3 Å². The van der Waals surface area contributed by atoms with Gasteiger partial charge >= 0.3 is 5.97 Å². The summed E-state index contributed by atoms with van der Waals surface area (Å²) in [5, 5.41) is 8.55. The molecule has 1 N–H and O–H groups in total. The third kappa shape index (κ3) is 21.3. The van der Waals surface area contributed by atoms with Crippen LogP contribution in [0.25, 0.3) is 0 Å². The van der Waals surface area contributed by atoms with E-state index in [9.17, 15) is 4.79 Å². The normalized spacial score (nSPS) is 12.7. The van der Waals surface area contributed by atoms with Gasteiger partial charge in [-0.3, -0.25) is 4.79 Å². The molecule has 0 aliphatic rings. The third-order valence-corrected chi connectivity index (χ3v) is 5.31. The molecule has 0 rings (SSSR count). The maximum absolute atomic E-state index is 10.4. The van der Waals surface area contributed by atoms with Crippen molar-refractivity contribution in [3.8, 4) is 0 Å². The first-order valence-electron chi connectivity index (χ1n) is 11.5. The molecular weight excluding hydrogens is 320 g/mol. The van der Waals surface area contributed by atoms with Gasteiger partial charge in [-0.15, -0.1) is 0 Å². The van der Waals surface area contributed by atoms with Crippen molar-refractivity contribution in [2.24, 2.45) is 5.92 Å². The molecule has 0 aliphatic carbocycles. The fourth-order valence-corrected chi connectivity index (χ4v) is 3.50. The van der Waals surface area contributed by atoms with Crippen molar-refractivity contribution in [3.05, 3.63) is 12.2 Å². The molecule has 0 aromatic heterocycles. The van der Waals surface area contributed by atoms with E-state index in [1.54, 1.807) is 0 Å². The molecule has 0 amide bonds. The van der Waals surface area contributed by atoms with Crippen molar-refractivity contribution < 1.29 is 9.90 Å². The minimum atomic E-state index is -0.702. The van der Waals surface area contributed by atoms with E-state index in [0.717, 1.165) is 12.3 Å². The Morgan fingerprint density at radius 2 is 1.19 bits per heavy atom. The lowest BCUT2D eigenvalue weighted by atomic mass is 9.96. The molecule has 0 bridgehead atoms. The molecular formula is C24H46O2. The summed E-state index contributed by atoms with van der Waals surface area (Å²) in [6, 6.07) is 0. The topological polar surface area (TPSA) is 37.3 Å². The largest absolute Gasteiger partial charge is 0.481 e. The molecule has 154 valence electrons. The summed E-state index contributed by atoms with van der Waals surface area (Å²) in [4.78, 5) is 10.4. The number of aliphatic carboxylic acids is 1. The summed E-state index contributed by atoms with van der Waals surface area (Å²) in [5.41, 5.74) is 0. The second-order valence-corrected chi connectivity index (χ2v) is 8.12. The SMILES string of the molecule is CCCCCCCCC(C)CCCCCCCCCC=CCCC(=O)O. The van der Waals surface area contributed by atoms with E-state index < -0.39 is 5.97 Å². The maximum Gasteiger partial charge on any atom is 0.303 e. The number of hydrogen-bond acceptors (Lipinski definition) is 1. The minimum Gasteiger partial charge on any atom is -0.481 e. The first-order chi connectivity index (χ1) is 12.7. The van der Waals surface area contributed by atoms with Crippen molar-refractivity contribution in [3.63, 3.8) is 0 Å². The monoisotopic (exact) mass is 366 g/mol. The van der Waals surface area contributed by atoms with Crippen molar-refractivity contribution in [2.45, 2.75) is 129 Å². The molecule has 2 heteroatoms. The number of allylic oxidation sites excluding steroid dienone is 2. The number of carbonyl (C=O) groups is 1. The summed E-state index contributed by atoms with van der Waals surface area (Å²) in [5.74, 6) is 0.223. The Morgan fingerprint density at radius 1 is 0.731 bits per heavy atom. The predicted octanol–water partition coefficient (Wildman–Crippen LogP) is 8.31. The van der Waals surface area contributed by atoms with Gasteiger partial charge in [-0.1, -0.05) is 116 Å². The minimum absolute atomic E-state index is 0.258. The van der Waals surface area contributed by atoms with Crippen molar-refractivity contribution >= 4 is 5.97 Å². The molecule has 1 unspecified atom stereocenters. The molecule has 0 radical (unpaired) electrons. The number of hydrogen-bond donors (Lipinski definition) is 1. The molecule has 0 saturated carbocycles. The lowest BCUT2D eigenvalue weighted by Gasteiger charge is -2.11. The highest BCUT2D eigenvalue weighted by molar-refractivity contribution is 5.66. The van der Waals surface area contributed by atoms with Crippen LogP contribution in [0.2, 0.25) is 0 Å². The number of unbranched alkanes of at least 4 members (excludes halogenated alkanes) is 12. The highest BCUT2D eigenvalue weighted by atomic mass is 16.4. The van der Waals surface area contributed by atoms with Gasteiger partial charge in [-0.05, 0) is 25.2 Å². The maximum atomic E-state index is 10.4. The lowest BCUT2D eigenvalue weighted by Crippen LogP contribution is -1.95. The van der Waals surface area contributed by atoms with Gasteiger partial charge in [0.15, 0.2) is 0 Å². The second-order valence-electron chi connectivity index (χ2n) is 8.12. The van der Waals surface area contributed by atoms with Gasteiger partial charge in [0.2, 0.25) is 0 Å². The van der Waals surface area contributed by atoms with Crippen molar-refractivity contribution in [1.82, 2.24) is 0 Å². The van der Waals surface area contributed by atoms with Crippen LogP contribution in [-0.2, 0) is 4.79 Å². The molecule has 0 spiro atoms. The third-order valence-electron chi connectivity index (χ3n) is 5.31. The second kappa shape index (κ2) is 20.5. The Hall–Kier alpha value is -0.790. The number of carboxylic acids is 1. The predicted molar refractivity (Wildman–Crippen MR) is 115 cm³/mol. The first kappa shape index (κ1) is 25.2. The molecule has 0 aromatic rings. The average molecular weight is 367 g/mol. The molecule has 26 heavy (non-hydrogen) atoms. The average Bonchev–Trinajstić information content (AvgIpc) is 2.61. The van der Waals surface area contributed by atoms with Crippen LogP contribution in [0.15, 0.2) is 12.2 Å². The highest BCUT2D eigenvalue weighted by Gasteiger charge is 2.02. The van der Waals surface area contributed by atoms with Gasteiger partial charge in [-0.2, -0.15) is 0 Å². The Bertz CT molecular complexity index is 322. The summed E-state index contributed by atoms with van der Waals surface area (Å²) in [6.45, 7) is 4.73. The van der Waals surface area contributed by atoms with Crippen LogP contribution in [0.1, 0.15) is 129 Å². The fraction of sp³-hybridized carbons (Fsp3) is 0.875. The zero-order valence-electron chi connectivity index (χ0n) is 17.8. The van der Waals surface area contributed by atoms with Gasteiger partial charge in [-0.25, -0.2) is 0 Å². The van der Waals surface area contributed by atoms with Crippen LogP contribution in [0.5, 0.6) is 0 Å². The number of carboxylic acid groups (broad SMARTS) is 1. The smallest absolute Gasteiger partial charge is 0.303 e. The lowest BCUT2D eigenvalue weighted by molar-refractivity contribution is -0.136. The van der Waals surface area contributed by atoms with E-state index in [2.05, 4.69) is 19.9 Å². The van der Waals surface area contributed by atoms with E-state index in [1.807, 2.05) is 6.08 Å². The molecule has 0 aliphatic heterocycles. The molecule has 0 aromatic carbocycles. The Morgan fingerprint density at radius 3 is 1.73 bits per heavy atom. The Balaban J connectivity index is 3.19. The van der Waals surface area contributed by atoms with Gasteiger partial charge in [0.05, 0.1) is 0 Å². The molecule has 1 atom stereocenters. The Labute approximate surface area is 163 Å². The molecule has 0 fully saturated rings. The molecule has 0 heterocycles. The van der Waals surface area contributed by atoms with Crippen LogP contribution >= 0.6 is 0 Å². The van der Waals surface area contributed by atoms with Gasteiger partial charge in [0.25, 0.3) is 0 Å². The van der Waals surface area contributed by atoms with Gasteiger partial charge < -0.3 is 5.11 Å². The van der Waals surface area contributed by atoms with E-state index in [0.29, 0.717) is 6.42 Å². The van der Waals surface area contributed by atoms with Crippen LogP contribution in [0, 0.1) is 5.92 Å². The summed E-state index contributed by atoms with van der Waals surface area (Å²) in [7, 11) is 0. The van der Waals surface area contributed by atoms with E-state index in [4.69, 9.17) is 5.11 Å². The quantitative estimate of drug-likeness (QED) is 0.174. The van der Waals surface area contributed by atoms with Gasteiger partial charge in [0, 0.05) is 6.42 Å². The van der Waals surface area contributed by atoms with E-state index >= 15 is 0 Å². The fourth-order valence-electron chi connectivity index (χ4n) is 3.50. The van der Waals surface area contributed by atoms with Crippen LogP contribution < -0.4 is 0 Å². The highest BCUT2D eigenvalue weighted by Crippen LogP contribution is 2.18. The zero-order valence-corrected chi connectivity index (χ0v) is 17.8. The molecule has 2 nitrogen and oxygen atoms in total. The van der Waals surface area contributed by atoms with Crippen molar-refractivity contribution in [2.75, 3.05) is 0 Å². The first-order valence-corrected chi connectivity index (χ1v) is 11.5. The molecule has 0 saturated heterocycles. The van der Waals surface area contributed by atoms with E-state index in [-0.39, 0.29) is 6.42 Å². The zero-order chi connectivity index (χ0) is 19.3. The Kier molecular flexibility index (Phi) is 19.9. The summed E-state index contributed by atoms with van der Waals surface area (Å²) < 4.78 is 0. The standard InChI is InChI=1S/C24H46O2/c1-3-4-5-6-14-17-20-23(2)21-18-15-12-10-8-7-9-11-13-16-19-22-24(25)26/h13,16,23H,3-12,14-15,17-22H2,1-2H3,(H,25,26). The van der Waals surface area contributed by atoms with Crippen LogP contribution in [0.4, 0.5) is 0 Å². The number of rotatable bonds is 20. The van der Waals surface area contributed by atoms with Crippen LogP contribution in [0.3, 0.4) is 0 Å². The summed E-state index contributed by atoms with van der Waals surface area (Å²) in [6.07, 6.45) is 27.1. The van der Waals surface area contributed by atoms with Crippen molar-refractivity contribution in [1.29, 1.82) is 0 Å². The van der Waals surface area contributed by atoms with Crippen LogP contribution in [-0.4, -0.2) is 11.1 Å².